The second kappa shape index (κ2) is 4.12. The van der Waals surface area contributed by atoms with Crippen LogP contribution >= 0.6 is 0 Å². The Morgan fingerprint density at radius 3 is 2.65 bits per heavy atom. The molecule has 0 spiro atoms. The lowest BCUT2D eigenvalue weighted by Crippen LogP contribution is -2.21. The Hall–Kier alpha value is -1.98. The number of hydrogen-bond donors (Lipinski definition) is 2. The zero-order chi connectivity index (χ0) is 12.5. The van der Waals surface area contributed by atoms with E-state index < -0.39 is 12.7 Å². The largest absolute Gasteiger partial charge is 0.405 e. The van der Waals surface area contributed by atoms with Crippen LogP contribution in [-0.4, -0.2) is 17.7 Å². The molecule has 90 valence electrons. The summed E-state index contributed by atoms with van der Waals surface area (Å²) in [6, 6.07) is 4.76. The Bertz CT molecular complexity index is 537. The van der Waals surface area contributed by atoms with Gasteiger partial charge in [-0.15, -0.1) is 0 Å². The molecular weight excluding hydrogens is 231 g/mol. The molecule has 0 atom stereocenters. The smallest absolute Gasteiger partial charge is 0.398 e. The highest BCUT2D eigenvalue weighted by molar-refractivity contribution is 6.00. The van der Waals surface area contributed by atoms with Crippen molar-refractivity contribution in [2.45, 2.75) is 6.18 Å². The van der Waals surface area contributed by atoms with Crippen LogP contribution in [0.3, 0.4) is 0 Å². The first kappa shape index (κ1) is 11.5. The molecule has 3 N–H and O–H groups in total. The average Bonchev–Trinajstić information content (AvgIpc) is 2.27. The number of benzene rings is 1. The highest BCUT2D eigenvalue weighted by Crippen LogP contribution is 2.28. The third-order valence-electron chi connectivity index (χ3n) is 2.33. The Balaban J connectivity index is 2.38. The topological polar surface area (TPSA) is 50.9 Å². The molecule has 1 aromatic heterocycles. The highest BCUT2D eigenvalue weighted by Gasteiger charge is 2.26. The van der Waals surface area contributed by atoms with Crippen molar-refractivity contribution >= 4 is 22.1 Å². The molecular formula is C11H10F3N3. The minimum atomic E-state index is -4.25. The third-order valence-corrected chi connectivity index (χ3v) is 2.33. The van der Waals surface area contributed by atoms with Crippen LogP contribution in [0.2, 0.25) is 0 Å². The minimum absolute atomic E-state index is 0.375. The van der Waals surface area contributed by atoms with E-state index >= 15 is 0 Å². The SMILES string of the molecule is Nc1ccc(NCC(F)(F)F)c2cnccc12. The monoisotopic (exact) mass is 241 g/mol. The Labute approximate surface area is 95.4 Å². The minimum Gasteiger partial charge on any atom is -0.398 e. The van der Waals surface area contributed by atoms with Crippen LogP contribution in [0.4, 0.5) is 24.5 Å². The van der Waals surface area contributed by atoms with Gasteiger partial charge in [-0.25, -0.2) is 0 Å². The summed E-state index contributed by atoms with van der Waals surface area (Å²) in [5, 5.41) is 3.60. The van der Waals surface area contributed by atoms with Crippen LogP contribution in [0.1, 0.15) is 0 Å². The molecule has 0 bridgehead atoms. The number of hydrogen-bond acceptors (Lipinski definition) is 3. The van der Waals surface area contributed by atoms with E-state index in [9.17, 15) is 13.2 Å². The summed E-state index contributed by atoms with van der Waals surface area (Å²) < 4.78 is 36.4. The lowest BCUT2D eigenvalue weighted by molar-refractivity contribution is -0.115. The molecule has 0 aliphatic carbocycles. The molecule has 0 unspecified atom stereocenters. The van der Waals surface area contributed by atoms with Gasteiger partial charge in [0.1, 0.15) is 6.54 Å². The van der Waals surface area contributed by atoms with Gasteiger partial charge in [-0.1, -0.05) is 0 Å². The van der Waals surface area contributed by atoms with Gasteiger partial charge in [-0.05, 0) is 18.2 Å². The number of nitrogens with two attached hydrogens (primary N) is 1. The van der Waals surface area contributed by atoms with Crippen molar-refractivity contribution in [2.75, 3.05) is 17.6 Å². The second-order valence-electron chi connectivity index (χ2n) is 3.59. The van der Waals surface area contributed by atoms with Gasteiger partial charge in [0.05, 0.1) is 0 Å². The lowest BCUT2D eigenvalue weighted by atomic mass is 10.1. The van der Waals surface area contributed by atoms with Gasteiger partial charge >= 0.3 is 6.18 Å². The maximum Gasteiger partial charge on any atom is 0.405 e. The first-order valence-electron chi connectivity index (χ1n) is 4.90. The van der Waals surface area contributed by atoms with Crippen molar-refractivity contribution in [2.24, 2.45) is 0 Å². The summed E-state index contributed by atoms with van der Waals surface area (Å²) in [7, 11) is 0. The maximum absolute atomic E-state index is 12.1. The van der Waals surface area contributed by atoms with E-state index in [1.165, 1.54) is 12.3 Å². The van der Waals surface area contributed by atoms with E-state index in [0.29, 0.717) is 22.1 Å². The highest BCUT2D eigenvalue weighted by atomic mass is 19.4. The summed E-state index contributed by atoms with van der Waals surface area (Å²) in [6.07, 6.45) is -1.22. The maximum atomic E-state index is 12.1. The van der Waals surface area contributed by atoms with E-state index in [-0.39, 0.29) is 0 Å². The first-order chi connectivity index (χ1) is 7.97. The van der Waals surface area contributed by atoms with Crippen molar-refractivity contribution in [3.8, 4) is 0 Å². The third kappa shape index (κ3) is 2.58. The average molecular weight is 241 g/mol. The molecule has 2 rings (SSSR count). The molecule has 0 aliphatic heterocycles. The van der Waals surface area contributed by atoms with E-state index in [0.717, 1.165) is 0 Å². The fourth-order valence-corrected chi connectivity index (χ4v) is 1.56. The first-order valence-corrected chi connectivity index (χ1v) is 4.90. The fourth-order valence-electron chi connectivity index (χ4n) is 1.56. The molecule has 1 heterocycles. The molecule has 0 fully saturated rings. The Kier molecular flexibility index (Phi) is 2.79. The van der Waals surface area contributed by atoms with Crippen molar-refractivity contribution in [3.05, 3.63) is 30.6 Å². The number of fused-ring (bicyclic) bond motifs is 1. The number of halogens is 3. The van der Waals surface area contributed by atoms with Gasteiger partial charge in [0, 0.05) is 34.5 Å². The number of alkyl halides is 3. The van der Waals surface area contributed by atoms with Gasteiger partial charge in [-0.3, -0.25) is 4.98 Å². The molecule has 0 radical (unpaired) electrons. The molecule has 6 heteroatoms. The predicted octanol–water partition coefficient (Wildman–Crippen LogP) is 2.79. The van der Waals surface area contributed by atoms with Crippen LogP contribution in [-0.2, 0) is 0 Å². The Morgan fingerprint density at radius 1 is 1.18 bits per heavy atom. The number of nitrogens with one attached hydrogen (secondary N) is 1. The fraction of sp³-hybridized carbons (Fsp3) is 0.182. The quantitative estimate of drug-likeness (QED) is 0.795. The Morgan fingerprint density at radius 2 is 1.94 bits per heavy atom. The summed E-state index contributed by atoms with van der Waals surface area (Å²) >= 11 is 0. The molecule has 0 amide bonds. The van der Waals surface area contributed by atoms with E-state index in [4.69, 9.17) is 5.73 Å². The second-order valence-corrected chi connectivity index (χ2v) is 3.59. The standard InChI is InChI=1S/C11H10F3N3/c12-11(13,14)6-17-10-2-1-9(15)7-3-4-16-5-8(7)10/h1-5,17H,6,15H2. The summed E-state index contributed by atoms with van der Waals surface area (Å²) in [4.78, 5) is 3.88. The number of aromatic nitrogens is 1. The van der Waals surface area contributed by atoms with Crippen molar-refractivity contribution < 1.29 is 13.2 Å². The molecule has 3 nitrogen and oxygen atoms in total. The van der Waals surface area contributed by atoms with Gasteiger partial charge < -0.3 is 11.1 Å². The zero-order valence-electron chi connectivity index (χ0n) is 8.75. The number of rotatable bonds is 2. The summed E-state index contributed by atoms with van der Waals surface area (Å²) in [6.45, 7) is -1.08. The van der Waals surface area contributed by atoms with Crippen molar-refractivity contribution in [1.82, 2.24) is 4.98 Å². The van der Waals surface area contributed by atoms with Crippen LogP contribution in [0.5, 0.6) is 0 Å². The molecule has 0 saturated carbocycles. The lowest BCUT2D eigenvalue weighted by Gasteiger charge is -2.12. The van der Waals surface area contributed by atoms with Gasteiger partial charge in [0.2, 0.25) is 0 Å². The van der Waals surface area contributed by atoms with E-state index in [2.05, 4.69) is 10.3 Å². The molecule has 0 aliphatic rings. The van der Waals surface area contributed by atoms with Gasteiger partial charge in [0.25, 0.3) is 0 Å². The van der Waals surface area contributed by atoms with Crippen molar-refractivity contribution in [1.29, 1.82) is 0 Å². The summed E-state index contributed by atoms with van der Waals surface area (Å²) in [5.74, 6) is 0. The van der Waals surface area contributed by atoms with Crippen molar-refractivity contribution in [3.63, 3.8) is 0 Å². The summed E-state index contributed by atoms with van der Waals surface area (Å²) in [5.41, 5.74) is 6.62. The van der Waals surface area contributed by atoms with E-state index in [1.807, 2.05) is 0 Å². The molecule has 0 saturated heterocycles. The van der Waals surface area contributed by atoms with Gasteiger partial charge in [0.15, 0.2) is 0 Å². The normalized spacial score (nSPS) is 11.7. The predicted molar refractivity (Wildman–Crippen MR) is 60.7 cm³/mol. The molecule has 17 heavy (non-hydrogen) atoms. The van der Waals surface area contributed by atoms with Crippen LogP contribution in [0.15, 0.2) is 30.6 Å². The number of nitrogens with zero attached hydrogens (tertiary/aromatic N) is 1. The van der Waals surface area contributed by atoms with Crippen LogP contribution in [0, 0.1) is 0 Å². The number of pyridine rings is 1. The molecule has 1 aromatic carbocycles. The van der Waals surface area contributed by atoms with E-state index in [1.54, 1.807) is 18.3 Å². The molecule has 2 aromatic rings. The van der Waals surface area contributed by atoms with Gasteiger partial charge in [-0.2, -0.15) is 13.2 Å². The van der Waals surface area contributed by atoms with Crippen LogP contribution < -0.4 is 11.1 Å². The van der Waals surface area contributed by atoms with Crippen LogP contribution in [0.25, 0.3) is 10.8 Å². The number of anilines is 2. The number of nitrogen functional groups attached to an aromatic ring is 1. The zero-order valence-corrected chi connectivity index (χ0v) is 8.75.